The molecule has 0 radical (unpaired) electrons. The largest absolute Gasteiger partial charge is 0.375 e. The number of hydrogen-bond acceptors (Lipinski definition) is 3. The molecule has 0 unspecified atom stereocenters. The van der Waals surface area contributed by atoms with Crippen LogP contribution in [0.2, 0.25) is 0 Å². The second kappa shape index (κ2) is 8.02. The van der Waals surface area contributed by atoms with Gasteiger partial charge in [0.15, 0.2) is 0 Å². The number of ether oxygens (including phenoxy) is 1. The molecule has 1 aliphatic rings. The fourth-order valence-corrected chi connectivity index (χ4v) is 2.62. The maximum absolute atomic E-state index is 11.5. The third kappa shape index (κ3) is 4.62. The van der Waals surface area contributed by atoms with Gasteiger partial charge in [-0.15, -0.1) is 0 Å². The highest BCUT2D eigenvalue weighted by Crippen LogP contribution is 2.16. The molecule has 1 N–H and O–H groups in total. The molecule has 0 atom stereocenters. The molecule has 1 aliphatic heterocycles. The normalized spacial score (nSPS) is 16.1. The highest BCUT2D eigenvalue weighted by molar-refractivity contribution is 5.77. The Kier molecular flexibility index (Phi) is 6.02. The molecule has 1 amide bonds. The minimum Gasteiger partial charge on any atom is -0.375 e. The number of piperidine rings is 1. The lowest BCUT2D eigenvalue weighted by atomic mass is 10.0. The van der Waals surface area contributed by atoms with Crippen molar-refractivity contribution in [2.24, 2.45) is 0 Å². The molecule has 0 bridgehead atoms. The molecule has 1 aromatic carbocycles. The van der Waals surface area contributed by atoms with E-state index < -0.39 is 0 Å². The van der Waals surface area contributed by atoms with E-state index in [1.807, 2.05) is 6.07 Å². The quantitative estimate of drug-likeness (QED) is 0.863. The number of nitrogens with one attached hydrogen (secondary N) is 1. The van der Waals surface area contributed by atoms with Crippen LogP contribution in [0.15, 0.2) is 24.3 Å². The molecule has 20 heavy (non-hydrogen) atoms. The van der Waals surface area contributed by atoms with Gasteiger partial charge in [-0.25, -0.2) is 0 Å². The maximum atomic E-state index is 11.5. The fraction of sp³-hybridized carbons (Fsp3) is 0.562. The fourth-order valence-electron chi connectivity index (χ4n) is 2.62. The molecule has 1 heterocycles. The van der Waals surface area contributed by atoms with Gasteiger partial charge in [0.2, 0.25) is 5.91 Å². The molecule has 110 valence electrons. The molecular weight excluding hydrogens is 252 g/mol. The van der Waals surface area contributed by atoms with E-state index in [-0.39, 0.29) is 12.5 Å². The summed E-state index contributed by atoms with van der Waals surface area (Å²) in [6.07, 6.45) is 3.95. The zero-order chi connectivity index (χ0) is 14.2. The summed E-state index contributed by atoms with van der Waals surface area (Å²) in [5.74, 6) is -0.0692. The molecule has 4 heteroatoms. The maximum Gasteiger partial charge on any atom is 0.246 e. The second-order valence-electron chi connectivity index (χ2n) is 5.32. The van der Waals surface area contributed by atoms with E-state index in [4.69, 9.17) is 4.74 Å². The van der Waals surface area contributed by atoms with Crippen LogP contribution in [0.25, 0.3) is 0 Å². The SMILES string of the molecule is COCC(=O)NCc1ccccc1CN1CCCCC1. The summed E-state index contributed by atoms with van der Waals surface area (Å²) >= 11 is 0. The van der Waals surface area contributed by atoms with Crippen LogP contribution in [0.4, 0.5) is 0 Å². The molecule has 4 nitrogen and oxygen atoms in total. The van der Waals surface area contributed by atoms with Crippen molar-refractivity contribution in [1.29, 1.82) is 0 Å². The molecule has 0 aliphatic carbocycles. The van der Waals surface area contributed by atoms with Gasteiger partial charge in [-0.2, -0.15) is 0 Å². The van der Waals surface area contributed by atoms with Crippen LogP contribution in [0.5, 0.6) is 0 Å². The summed E-state index contributed by atoms with van der Waals surface area (Å²) in [4.78, 5) is 14.0. The van der Waals surface area contributed by atoms with Crippen molar-refractivity contribution < 1.29 is 9.53 Å². The minimum absolute atomic E-state index is 0.0692. The van der Waals surface area contributed by atoms with Crippen molar-refractivity contribution in [2.45, 2.75) is 32.4 Å². The lowest BCUT2D eigenvalue weighted by molar-refractivity contribution is -0.124. The van der Waals surface area contributed by atoms with E-state index in [0.717, 1.165) is 6.54 Å². The average Bonchev–Trinajstić information content (AvgIpc) is 2.48. The van der Waals surface area contributed by atoms with E-state index in [9.17, 15) is 4.79 Å². The van der Waals surface area contributed by atoms with Crippen molar-refractivity contribution in [1.82, 2.24) is 10.2 Å². The average molecular weight is 276 g/mol. The van der Waals surface area contributed by atoms with Crippen LogP contribution in [0.1, 0.15) is 30.4 Å². The molecule has 1 saturated heterocycles. The van der Waals surface area contributed by atoms with Crippen molar-refractivity contribution >= 4 is 5.91 Å². The van der Waals surface area contributed by atoms with E-state index >= 15 is 0 Å². The van der Waals surface area contributed by atoms with Crippen LogP contribution in [-0.2, 0) is 22.6 Å². The van der Waals surface area contributed by atoms with Gasteiger partial charge in [-0.3, -0.25) is 9.69 Å². The Balaban J connectivity index is 1.93. The van der Waals surface area contributed by atoms with Crippen molar-refractivity contribution in [2.75, 3.05) is 26.8 Å². The van der Waals surface area contributed by atoms with Crippen LogP contribution >= 0.6 is 0 Å². The van der Waals surface area contributed by atoms with Gasteiger partial charge >= 0.3 is 0 Å². The molecule has 1 aromatic rings. The van der Waals surface area contributed by atoms with Gasteiger partial charge in [0, 0.05) is 20.2 Å². The van der Waals surface area contributed by atoms with E-state index in [0.29, 0.717) is 6.54 Å². The highest BCUT2D eigenvalue weighted by Gasteiger charge is 2.12. The van der Waals surface area contributed by atoms with Gasteiger partial charge in [0.05, 0.1) is 0 Å². The Morgan fingerprint density at radius 3 is 2.60 bits per heavy atom. The molecular formula is C16H24N2O2. The summed E-state index contributed by atoms with van der Waals surface area (Å²) in [5.41, 5.74) is 2.51. The van der Waals surface area contributed by atoms with Gasteiger partial charge in [-0.1, -0.05) is 30.7 Å². The monoisotopic (exact) mass is 276 g/mol. The lowest BCUT2D eigenvalue weighted by Crippen LogP contribution is -2.30. The number of methoxy groups -OCH3 is 1. The number of benzene rings is 1. The van der Waals surface area contributed by atoms with Crippen LogP contribution in [0.3, 0.4) is 0 Å². The summed E-state index contributed by atoms with van der Waals surface area (Å²) in [6.45, 7) is 4.05. The van der Waals surface area contributed by atoms with E-state index in [1.165, 1.54) is 50.6 Å². The smallest absolute Gasteiger partial charge is 0.246 e. The number of amides is 1. The van der Waals surface area contributed by atoms with Crippen molar-refractivity contribution in [3.05, 3.63) is 35.4 Å². The molecule has 0 spiro atoms. The first-order valence-corrected chi connectivity index (χ1v) is 7.34. The van der Waals surface area contributed by atoms with Crippen LogP contribution in [-0.4, -0.2) is 37.6 Å². The van der Waals surface area contributed by atoms with Gasteiger partial charge < -0.3 is 10.1 Å². The molecule has 0 saturated carbocycles. The first kappa shape index (κ1) is 15.0. The minimum atomic E-state index is -0.0692. The Labute approximate surface area is 121 Å². The summed E-state index contributed by atoms with van der Waals surface area (Å²) in [5, 5.41) is 2.90. The number of likely N-dealkylation sites (tertiary alicyclic amines) is 1. The highest BCUT2D eigenvalue weighted by atomic mass is 16.5. The van der Waals surface area contributed by atoms with Crippen LogP contribution in [0, 0.1) is 0 Å². The molecule has 1 fully saturated rings. The van der Waals surface area contributed by atoms with Crippen molar-refractivity contribution in [3.63, 3.8) is 0 Å². The third-order valence-corrected chi connectivity index (χ3v) is 3.71. The Morgan fingerprint density at radius 2 is 1.90 bits per heavy atom. The van der Waals surface area contributed by atoms with E-state index in [1.54, 1.807) is 0 Å². The predicted octanol–water partition coefficient (Wildman–Crippen LogP) is 1.94. The Morgan fingerprint density at radius 1 is 1.20 bits per heavy atom. The molecule has 2 rings (SSSR count). The number of hydrogen-bond donors (Lipinski definition) is 1. The van der Waals surface area contributed by atoms with Gasteiger partial charge in [0.1, 0.15) is 6.61 Å². The topological polar surface area (TPSA) is 41.6 Å². The standard InChI is InChI=1S/C16H24N2O2/c1-20-13-16(19)17-11-14-7-3-4-8-15(14)12-18-9-5-2-6-10-18/h3-4,7-8H,2,5-6,9-13H2,1H3,(H,17,19). The number of carbonyl (C=O) groups is 1. The summed E-state index contributed by atoms with van der Waals surface area (Å²) in [6, 6.07) is 8.34. The summed E-state index contributed by atoms with van der Waals surface area (Å²) < 4.78 is 4.82. The summed E-state index contributed by atoms with van der Waals surface area (Å²) in [7, 11) is 1.53. The second-order valence-corrected chi connectivity index (χ2v) is 5.32. The number of carbonyl (C=O) groups excluding carboxylic acids is 1. The third-order valence-electron chi connectivity index (χ3n) is 3.71. The van der Waals surface area contributed by atoms with Crippen molar-refractivity contribution in [3.8, 4) is 0 Å². The number of nitrogens with zero attached hydrogens (tertiary/aromatic N) is 1. The zero-order valence-corrected chi connectivity index (χ0v) is 12.2. The number of rotatable bonds is 6. The Hall–Kier alpha value is -1.39. The Bertz CT molecular complexity index is 428. The zero-order valence-electron chi connectivity index (χ0n) is 12.2. The van der Waals surface area contributed by atoms with E-state index in [2.05, 4.69) is 28.4 Å². The first-order chi connectivity index (χ1) is 9.79. The first-order valence-electron chi connectivity index (χ1n) is 7.34. The lowest BCUT2D eigenvalue weighted by Gasteiger charge is -2.27. The van der Waals surface area contributed by atoms with Gasteiger partial charge in [-0.05, 0) is 37.1 Å². The van der Waals surface area contributed by atoms with Crippen LogP contribution < -0.4 is 5.32 Å². The molecule has 0 aromatic heterocycles. The predicted molar refractivity (Wildman–Crippen MR) is 79.3 cm³/mol. The van der Waals surface area contributed by atoms with Gasteiger partial charge in [0.25, 0.3) is 0 Å².